The molecule has 2 amide bonds. The summed E-state index contributed by atoms with van der Waals surface area (Å²) in [6, 6.07) is 12.0. The smallest absolute Gasteiger partial charge is 0.252 e. The Balaban J connectivity index is 1.94. The minimum Gasteiger partial charge on any atom is -0.352 e. The first-order valence-electron chi connectivity index (χ1n) is 8.75. The van der Waals surface area contributed by atoms with Gasteiger partial charge >= 0.3 is 0 Å². The van der Waals surface area contributed by atoms with Crippen molar-refractivity contribution in [3.63, 3.8) is 0 Å². The quantitative estimate of drug-likeness (QED) is 0.182. The highest BCUT2D eigenvalue weighted by Gasteiger charge is 2.13. The van der Waals surface area contributed by atoms with Crippen molar-refractivity contribution in [1.29, 1.82) is 0 Å². The van der Waals surface area contributed by atoms with Crippen LogP contribution >= 0.6 is 23.1 Å². The van der Waals surface area contributed by atoms with Gasteiger partial charge in [0.15, 0.2) is 0 Å². The van der Waals surface area contributed by atoms with E-state index in [1.165, 1.54) is 16.2 Å². The summed E-state index contributed by atoms with van der Waals surface area (Å²) in [4.78, 5) is 25.7. The second kappa shape index (κ2) is 11.6. The molecule has 2 aromatic rings. The van der Waals surface area contributed by atoms with E-state index in [9.17, 15) is 9.59 Å². The zero-order valence-electron chi connectivity index (χ0n) is 15.2. The van der Waals surface area contributed by atoms with E-state index in [1.54, 1.807) is 17.2 Å². The summed E-state index contributed by atoms with van der Waals surface area (Å²) in [5, 5.41) is 13.4. The molecule has 1 heterocycles. The van der Waals surface area contributed by atoms with Crippen molar-refractivity contribution in [2.75, 3.05) is 12.8 Å². The lowest BCUT2D eigenvalue weighted by atomic mass is 10.1. The monoisotopic (exact) mass is 404 g/mol. The Morgan fingerprint density at radius 2 is 1.93 bits per heavy atom. The highest BCUT2D eigenvalue weighted by atomic mass is 32.2. The van der Waals surface area contributed by atoms with E-state index in [0.29, 0.717) is 18.5 Å². The van der Waals surface area contributed by atoms with Crippen molar-refractivity contribution in [1.82, 2.24) is 10.8 Å². The number of rotatable bonds is 10. The Morgan fingerprint density at radius 3 is 2.56 bits per heavy atom. The third-order valence-corrected chi connectivity index (χ3v) is 5.60. The molecule has 0 bridgehead atoms. The summed E-state index contributed by atoms with van der Waals surface area (Å²) in [6.45, 7) is 0.549. The molecule has 0 atom stereocenters. The molecule has 7 heteroatoms. The summed E-state index contributed by atoms with van der Waals surface area (Å²) >= 11 is 3.22. The first-order chi connectivity index (χ1) is 13.1. The zero-order chi connectivity index (χ0) is 19.5. The number of carbonyl (C=O) groups excluding carboxylic acids is 2. The molecule has 3 N–H and O–H groups in total. The molecule has 27 heavy (non-hydrogen) atoms. The average Bonchev–Trinajstić information content (AvgIpc) is 3.23. The maximum absolute atomic E-state index is 12.7. The van der Waals surface area contributed by atoms with Crippen LogP contribution in [0.3, 0.4) is 0 Å². The summed E-state index contributed by atoms with van der Waals surface area (Å²) in [7, 11) is 0. The lowest BCUT2D eigenvalue weighted by Gasteiger charge is -2.08. The summed E-state index contributed by atoms with van der Waals surface area (Å²) < 4.78 is 0. The highest BCUT2D eigenvalue weighted by Crippen LogP contribution is 2.24. The molecule has 1 aromatic heterocycles. The van der Waals surface area contributed by atoms with Crippen molar-refractivity contribution in [3.8, 4) is 0 Å². The summed E-state index contributed by atoms with van der Waals surface area (Å²) in [5.41, 5.74) is 3.26. The van der Waals surface area contributed by atoms with Crippen molar-refractivity contribution in [2.45, 2.75) is 30.6 Å². The van der Waals surface area contributed by atoms with Gasteiger partial charge in [0.25, 0.3) is 5.91 Å². The van der Waals surface area contributed by atoms with Crippen LogP contribution in [-0.4, -0.2) is 29.8 Å². The van der Waals surface area contributed by atoms with Gasteiger partial charge in [0.05, 0.1) is 5.57 Å². The van der Waals surface area contributed by atoms with Gasteiger partial charge in [-0.3, -0.25) is 14.8 Å². The van der Waals surface area contributed by atoms with E-state index >= 15 is 0 Å². The fraction of sp³-hybridized carbons (Fsp3) is 0.300. The van der Waals surface area contributed by atoms with Crippen LogP contribution in [0.1, 0.15) is 36.1 Å². The number of hydroxylamine groups is 1. The average molecular weight is 405 g/mol. The van der Waals surface area contributed by atoms with E-state index in [-0.39, 0.29) is 18.2 Å². The fourth-order valence-corrected chi connectivity index (χ4v) is 3.64. The van der Waals surface area contributed by atoms with Crippen LogP contribution in [0.4, 0.5) is 0 Å². The zero-order valence-corrected chi connectivity index (χ0v) is 16.9. The van der Waals surface area contributed by atoms with Gasteiger partial charge in [0.2, 0.25) is 5.91 Å². The normalized spacial score (nSPS) is 11.3. The second-order valence-electron chi connectivity index (χ2n) is 5.91. The number of nitrogens with one attached hydrogen (secondary N) is 2. The van der Waals surface area contributed by atoms with Crippen molar-refractivity contribution in [3.05, 3.63) is 52.2 Å². The van der Waals surface area contributed by atoms with Crippen molar-refractivity contribution >= 4 is 46.6 Å². The van der Waals surface area contributed by atoms with Crippen LogP contribution in [0.5, 0.6) is 0 Å². The second-order valence-corrected chi connectivity index (χ2v) is 7.74. The van der Waals surface area contributed by atoms with Gasteiger partial charge in [-0.15, -0.1) is 23.1 Å². The number of hydrogen-bond donors (Lipinski definition) is 3. The lowest BCUT2D eigenvalue weighted by molar-refractivity contribution is -0.129. The maximum Gasteiger partial charge on any atom is 0.252 e. The van der Waals surface area contributed by atoms with Crippen LogP contribution in [0.15, 0.2) is 46.7 Å². The third kappa shape index (κ3) is 7.21. The summed E-state index contributed by atoms with van der Waals surface area (Å²) in [6.07, 6.45) is 6.50. The number of thiophene rings is 1. The maximum atomic E-state index is 12.7. The van der Waals surface area contributed by atoms with Crippen LogP contribution in [-0.2, 0) is 9.59 Å². The number of amides is 2. The molecule has 0 fully saturated rings. The Bertz CT molecular complexity index is 756. The molecule has 0 aliphatic heterocycles. The van der Waals surface area contributed by atoms with Gasteiger partial charge in [0, 0.05) is 22.7 Å². The highest BCUT2D eigenvalue weighted by molar-refractivity contribution is 7.98. The predicted octanol–water partition coefficient (Wildman–Crippen LogP) is 4.19. The first kappa shape index (κ1) is 21.2. The molecule has 2 rings (SSSR count). The minimum atomic E-state index is -0.380. The number of hydrogen-bond acceptors (Lipinski definition) is 5. The van der Waals surface area contributed by atoms with Crippen LogP contribution in [0, 0.1) is 0 Å². The van der Waals surface area contributed by atoms with Gasteiger partial charge in [-0.1, -0.05) is 24.6 Å². The molecule has 1 aromatic carbocycles. The Hall–Kier alpha value is -2.09. The molecule has 0 unspecified atom stereocenters. The molecule has 0 saturated carbocycles. The lowest BCUT2D eigenvalue weighted by Crippen LogP contribution is -2.25. The number of benzene rings is 1. The van der Waals surface area contributed by atoms with E-state index in [2.05, 4.69) is 5.32 Å². The fourth-order valence-electron chi connectivity index (χ4n) is 2.49. The Labute approximate surface area is 167 Å². The summed E-state index contributed by atoms with van der Waals surface area (Å²) in [5.74, 6) is -0.478. The van der Waals surface area contributed by atoms with Gasteiger partial charge in [-0.2, -0.15) is 0 Å². The first-order valence-corrected chi connectivity index (χ1v) is 10.8. The third-order valence-electron chi connectivity index (χ3n) is 3.95. The SMILES string of the molecule is CSc1ccc(/C=C(\C(=O)NCCCCCC(=O)NO)c2cccs2)cc1. The van der Waals surface area contributed by atoms with E-state index in [1.807, 2.05) is 54.1 Å². The van der Waals surface area contributed by atoms with Gasteiger partial charge in [-0.25, -0.2) is 5.48 Å². The Morgan fingerprint density at radius 1 is 1.15 bits per heavy atom. The van der Waals surface area contributed by atoms with Crippen LogP contribution in [0.25, 0.3) is 11.6 Å². The molecular weight excluding hydrogens is 380 g/mol. The van der Waals surface area contributed by atoms with Gasteiger partial charge in [0.1, 0.15) is 0 Å². The topological polar surface area (TPSA) is 78.4 Å². The molecular formula is C20H24N2O3S2. The molecule has 0 radical (unpaired) electrons. The molecule has 0 spiro atoms. The van der Waals surface area contributed by atoms with E-state index in [4.69, 9.17) is 5.21 Å². The standard InChI is InChI=1S/C20H24N2O3S2/c1-26-16-10-8-15(9-11-16)14-17(18-6-5-13-27-18)20(24)21-12-4-2-3-7-19(23)22-25/h5-6,8-11,13-14,25H,2-4,7,12H2,1H3,(H,21,24)(H,22,23)/b17-14-. The van der Waals surface area contributed by atoms with Crippen molar-refractivity contribution < 1.29 is 14.8 Å². The van der Waals surface area contributed by atoms with E-state index in [0.717, 1.165) is 23.3 Å². The van der Waals surface area contributed by atoms with Gasteiger partial charge in [-0.05, 0) is 54.3 Å². The molecule has 144 valence electrons. The minimum absolute atomic E-state index is 0.0977. The van der Waals surface area contributed by atoms with Crippen molar-refractivity contribution in [2.24, 2.45) is 0 Å². The Kier molecular flexibility index (Phi) is 9.10. The van der Waals surface area contributed by atoms with Crippen LogP contribution in [0.2, 0.25) is 0 Å². The molecule has 0 aliphatic carbocycles. The number of thioether (sulfide) groups is 1. The molecule has 0 aliphatic rings. The number of carbonyl (C=O) groups is 2. The molecule has 0 saturated heterocycles. The molecule has 5 nitrogen and oxygen atoms in total. The van der Waals surface area contributed by atoms with Gasteiger partial charge < -0.3 is 5.32 Å². The number of unbranched alkanes of at least 4 members (excludes halogenated alkanes) is 2. The van der Waals surface area contributed by atoms with E-state index < -0.39 is 0 Å². The largest absolute Gasteiger partial charge is 0.352 e. The van der Waals surface area contributed by atoms with Crippen LogP contribution < -0.4 is 10.8 Å². The predicted molar refractivity (Wildman–Crippen MR) is 112 cm³/mol.